The Morgan fingerprint density at radius 3 is 2.59 bits per heavy atom. The minimum absolute atomic E-state index is 0.0641. The van der Waals surface area contributed by atoms with Crippen LogP contribution in [0.4, 0.5) is 5.69 Å². The number of para-hydroxylation sites is 1. The van der Waals surface area contributed by atoms with Gasteiger partial charge in [-0.05, 0) is 6.07 Å². The van der Waals surface area contributed by atoms with E-state index in [1.165, 1.54) is 24.3 Å². The van der Waals surface area contributed by atoms with Crippen molar-refractivity contribution in [1.29, 1.82) is 0 Å². The molecule has 0 saturated heterocycles. The maximum atomic E-state index is 10.7. The molecule has 1 aromatic carbocycles. The number of benzene rings is 1. The Balaban J connectivity index is 2.92. The lowest BCUT2D eigenvalue weighted by Gasteiger charge is -2.13. The molecule has 0 radical (unpaired) electrons. The lowest BCUT2D eigenvalue weighted by Crippen LogP contribution is -2.31. The molecule has 1 rings (SSSR count). The van der Waals surface area contributed by atoms with Gasteiger partial charge in [0.25, 0.3) is 5.69 Å². The molecule has 1 aromatic rings. The lowest BCUT2D eigenvalue weighted by molar-refractivity contribution is -0.386. The number of aliphatic hydroxyl groups excluding tert-OH is 1. The molecule has 0 spiro atoms. The monoisotopic (exact) mass is 240 g/mol. The van der Waals surface area contributed by atoms with Gasteiger partial charge in [-0.15, -0.1) is 0 Å². The molecule has 7 heteroatoms. The molecule has 17 heavy (non-hydrogen) atoms. The quantitative estimate of drug-likeness (QED) is 0.506. The maximum Gasteiger partial charge on any atom is 0.320 e. The minimum atomic E-state index is -1.28. The van der Waals surface area contributed by atoms with Crippen molar-refractivity contribution in [2.24, 2.45) is 5.73 Å². The fourth-order valence-electron chi connectivity index (χ4n) is 1.40. The van der Waals surface area contributed by atoms with Crippen LogP contribution in [0.15, 0.2) is 24.3 Å². The Labute approximate surface area is 96.6 Å². The van der Waals surface area contributed by atoms with E-state index in [4.69, 9.17) is 10.8 Å². The van der Waals surface area contributed by atoms with Gasteiger partial charge in [-0.2, -0.15) is 0 Å². The predicted molar refractivity (Wildman–Crippen MR) is 58.3 cm³/mol. The zero-order chi connectivity index (χ0) is 13.0. The van der Waals surface area contributed by atoms with Crippen molar-refractivity contribution in [3.05, 3.63) is 39.9 Å². The van der Waals surface area contributed by atoms with E-state index >= 15 is 0 Å². The second-order valence-electron chi connectivity index (χ2n) is 3.51. The average molecular weight is 240 g/mol. The highest BCUT2D eigenvalue weighted by molar-refractivity contribution is 5.73. The summed E-state index contributed by atoms with van der Waals surface area (Å²) in [4.78, 5) is 20.6. The summed E-state index contributed by atoms with van der Waals surface area (Å²) in [6.45, 7) is 0. The summed E-state index contributed by atoms with van der Waals surface area (Å²) in [6.07, 6.45) is -1.55. The topological polar surface area (TPSA) is 127 Å². The first-order chi connectivity index (χ1) is 7.93. The number of nitro groups is 1. The molecule has 0 saturated carbocycles. The van der Waals surface area contributed by atoms with Crippen molar-refractivity contribution < 1.29 is 19.9 Å². The summed E-state index contributed by atoms with van der Waals surface area (Å²) < 4.78 is 0. The first kappa shape index (κ1) is 13.1. The molecule has 4 N–H and O–H groups in total. The molecule has 0 aliphatic rings. The average Bonchev–Trinajstić information content (AvgIpc) is 2.28. The number of carbonyl (C=O) groups is 1. The van der Waals surface area contributed by atoms with Gasteiger partial charge in [0, 0.05) is 12.5 Å². The number of hydrogen-bond acceptors (Lipinski definition) is 5. The third-order valence-corrected chi connectivity index (χ3v) is 2.29. The number of nitrogens with zero attached hydrogens (tertiary/aromatic N) is 1. The summed E-state index contributed by atoms with van der Waals surface area (Å²) in [5.41, 5.74) is 5.06. The summed E-state index contributed by atoms with van der Waals surface area (Å²) in [5.74, 6) is -1.26. The van der Waals surface area contributed by atoms with E-state index in [0.29, 0.717) is 0 Å². The van der Waals surface area contributed by atoms with Gasteiger partial charge in [0.05, 0.1) is 16.6 Å². The van der Waals surface area contributed by atoms with Gasteiger partial charge in [0.2, 0.25) is 0 Å². The number of aliphatic hydroxyl groups is 1. The van der Waals surface area contributed by atoms with Crippen LogP contribution < -0.4 is 5.73 Å². The fourth-order valence-corrected chi connectivity index (χ4v) is 1.40. The smallest absolute Gasteiger partial charge is 0.320 e. The van der Waals surface area contributed by atoms with Crippen LogP contribution in [0.1, 0.15) is 18.1 Å². The van der Waals surface area contributed by atoms with Crippen LogP contribution in [0.3, 0.4) is 0 Å². The van der Waals surface area contributed by atoms with Crippen LogP contribution >= 0.6 is 0 Å². The van der Waals surface area contributed by atoms with Crippen molar-refractivity contribution in [3.8, 4) is 0 Å². The zero-order valence-corrected chi connectivity index (χ0v) is 8.81. The van der Waals surface area contributed by atoms with Crippen LogP contribution in [-0.2, 0) is 4.79 Å². The van der Waals surface area contributed by atoms with Crippen LogP contribution in [0.2, 0.25) is 0 Å². The molecule has 7 nitrogen and oxygen atoms in total. The highest BCUT2D eigenvalue weighted by Gasteiger charge is 2.24. The van der Waals surface area contributed by atoms with Gasteiger partial charge in [-0.1, -0.05) is 12.1 Å². The highest BCUT2D eigenvalue weighted by atomic mass is 16.6. The number of hydrogen-bond donors (Lipinski definition) is 3. The molecule has 0 aliphatic heterocycles. The molecular weight excluding hydrogens is 228 g/mol. The predicted octanol–water partition coefficient (Wildman–Crippen LogP) is 0.430. The SMILES string of the molecule is N[C@@H](C[C@H](O)c1ccccc1[N+](=O)[O-])C(=O)O. The first-order valence-corrected chi connectivity index (χ1v) is 4.83. The van der Waals surface area contributed by atoms with E-state index in [1.54, 1.807) is 0 Å². The second-order valence-corrected chi connectivity index (χ2v) is 3.51. The number of carboxylic acid groups (broad SMARTS) is 1. The molecule has 0 heterocycles. The zero-order valence-electron chi connectivity index (χ0n) is 8.81. The van der Waals surface area contributed by atoms with Gasteiger partial charge < -0.3 is 15.9 Å². The number of carboxylic acids is 1. The normalized spacial score (nSPS) is 14.0. The number of nitrogens with two attached hydrogens (primary N) is 1. The van der Waals surface area contributed by atoms with Gasteiger partial charge in [0.15, 0.2) is 0 Å². The third-order valence-electron chi connectivity index (χ3n) is 2.29. The van der Waals surface area contributed by atoms with Crippen molar-refractivity contribution in [1.82, 2.24) is 0 Å². The number of aliphatic carboxylic acids is 1. The first-order valence-electron chi connectivity index (χ1n) is 4.83. The van der Waals surface area contributed by atoms with E-state index in [2.05, 4.69) is 0 Å². The van der Waals surface area contributed by atoms with Crippen molar-refractivity contribution in [3.63, 3.8) is 0 Å². The summed E-state index contributed by atoms with van der Waals surface area (Å²) >= 11 is 0. The van der Waals surface area contributed by atoms with Crippen molar-refractivity contribution in [2.75, 3.05) is 0 Å². The lowest BCUT2D eigenvalue weighted by atomic mass is 10.0. The molecule has 0 aromatic heterocycles. The van der Waals surface area contributed by atoms with Crippen molar-refractivity contribution in [2.45, 2.75) is 18.6 Å². The third kappa shape index (κ3) is 3.23. The van der Waals surface area contributed by atoms with E-state index in [0.717, 1.165) is 0 Å². The number of nitro benzene ring substituents is 1. The van der Waals surface area contributed by atoms with Crippen LogP contribution in [-0.4, -0.2) is 27.1 Å². The Morgan fingerprint density at radius 2 is 2.06 bits per heavy atom. The van der Waals surface area contributed by atoms with Crippen LogP contribution in [0.5, 0.6) is 0 Å². The van der Waals surface area contributed by atoms with Gasteiger partial charge >= 0.3 is 5.97 Å². The molecule has 0 amide bonds. The van der Waals surface area contributed by atoms with Gasteiger partial charge in [-0.3, -0.25) is 14.9 Å². The number of rotatable bonds is 5. The van der Waals surface area contributed by atoms with E-state index in [9.17, 15) is 20.0 Å². The largest absolute Gasteiger partial charge is 0.480 e. The van der Waals surface area contributed by atoms with Crippen molar-refractivity contribution >= 4 is 11.7 Å². The Hall–Kier alpha value is -1.99. The maximum absolute atomic E-state index is 10.7. The van der Waals surface area contributed by atoms with E-state index in [1.807, 2.05) is 0 Å². The molecule has 2 atom stereocenters. The summed E-state index contributed by atoms with van der Waals surface area (Å²) in [5, 5.41) is 29.0. The molecule has 92 valence electrons. The fraction of sp³-hybridized carbons (Fsp3) is 0.300. The van der Waals surface area contributed by atoms with E-state index in [-0.39, 0.29) is 17.7 Å². The second kappa shape index (κ2) is 5.37. The molecule has 0 aliphatic carbocycles. The standard InChI is InChI=1S/C10H12N2O5/c11-7(10(14)15)5-9(13)6-3-1-2-4-8(6)12(16)17/h1-4,7,9,13H,5,11H2,(H,14,15)/t7-,9-/m0/s1. The Kier molecular flexibility index (Phi) is 4.13. The summed E-state index contributed by atoms with van der Waals surface area (Å²) in [6, 6.07) is 4.34. The van der Waals surface area contributed by atoms with Gasteiger partial charge in [-0.25, -0.2) is 0 Å². The molecule has 0 bridgehead atoms. The summed E-state index contributed by atoms with van der Waals surface area (Å²) in [7, 11) is 0. The minimum Gasteiger partial charge on any atom is -0.480 e. The Morgan fingerprint density at radius 1 is 1.47 bits per heavy atom. The van der Waals surface area contributed by atoms with E-state index < -0.39 is 23.0 Å². The van der Waals surface area contributed by atoms with Gasteiger partial charge in [0.1, 0.15) is 6.04 Å². The Bertz CT molecular complexity index is 434. The molecule has 0 fully saturated rings. The van der Waals surface area contributed by atoms with Crippen LogP contribution in [0, 0.1) is 10.1 Å². The molecular formula is C10H12N2O5. The van der Waals surface area contributed by atoms with Crippen LogP contribution in [0.25, 0.3) is 0 Å². The highest BCUT2D eigenvalue weighted by Crippen LogP contribution is 2.27. The molecule has 0 unspecified atom stereocenters.